The fourth-order valence-corrected chi connectivity index (χ4v) is 7.51. The number of carboxylic acid groups (broad SMARTS) is 2. The number of nitrogens with zero attached hydrogens (tertiary/aromatic N) is 4. The fourth-order valence-electron chi connectivity index (χ4n) is 7.51. The van der Waals surface area contributed by atoms with Crippen molar-refractivity contribution in [3.05, 3.63) is 135 Å². The van der Waals surface area contributed by atoms with Crippen LogP contribution in [0, 0.1) is 11.6 Å². The van der Waals surface area contributed by atoms with Crippen molar-refractivity contribution in [3.8, 4) is 11.1 Å². The molecule has 346 valence electrons. The van der Waals surface area contributed by atoms with Crippen molar-refractivity contribution in [2.24, 2.45) is 0 Å². The number of hydrogen-bond donors (Lipinski definition) is 4. The number of carbonyl (C=O) groups excluding carboxylic acids is 2. The molecule has 1 fully saturated rings. The lowest BCUT2D eigenvalue weighted by atomic mass is 9.95. The maximum atomic E-state index is 14.6. The van der Waals surface area contributed by atoms with E-state index in [-0.39, 0.29) is 55.2 Å². The number of aryl methyl sites for hydroxylation is 2. The van der Waals surface area contributed by atoms with Gasteiger partial charge in [0.15, 0.2) is 23.8 Å². The average molecular weight is 911 g/mol. The highest BCUT2D eigenvalue weighted by Crippen LogP contribution is 2.32. The number of piperidine rings is 1. The number of amides is 1. The molecule has 65 heavy (non-hydrogen) atoms. The van der Waals surface area contributed by atoms with Crippen LogP contribution in [0.25, 0.3) is 22.0 Å². The van der Waals surface area contributed by atoms with Crippen LogP contribution in [0.15, 0.2) is 95.8 Å². The SMILES string of the molecule is COC(=O)C(C)(C)N1CCC(N(Cc2ccc(-c3ccc(C(F)(F)F)cc3)cc2)C(=O)Cn2c(CCc3cccc(F)c3F)nc(=O)c3ccccc32)CC1.O=C(O)C(O)C(O)C(=O)O. The van der Waals surface area contributed by atoms with E-state index in [1.807, 2.05) is 17.0 Å². The lowest BCUT2D eigenvalue weighted by Crippen LogP contribution is -2.56. The van der Waals surface area contributed by atoms with E-state index >= 15 is 0 Å². The number of halogens is 5. The second-order valence-electron chi connectivity index (χ2n) is 15.8. The molecule has 2 heterocycles. The summed E-state index contributed by atoms with van der Waals surface area (Å²) in [6.07, 6.45) is -7.79. The summed E-state index contributed by atoms with van der Waals surface area (Å²) in [5.41, 5.74) is 0.572. The Morgan fingerprint density at radius 2 is 1.38 bits per heavy atom. The predicted molar refractivity (Wildman–Crippen MR) is 225 cm³/mol. The first kappa shape index (κ1) is 49.4. The molecule has 1 amide bonds. The highest BCUT2D eigenvalue weighted by Gasteiger charge is 2.39. The number of ether oxygens (including phenoxy) is 1. The molecule has 6 rings (SSSR count). The van der Waals surface area contributed by atoms with Crippen LogP contribution < -0.4 is 5.56 Å². The third kappa shape index (κ3) is 12.0. The first-order chi connectivity index (χ1) is 30.6. The Hall–Kier alpha value is -6.57. The van der Waals surface area contributed by atoms with Crippen LogP contribution in [-0.2, 0) is 56.0 Å². The minimum absolute atomic E-state index is 0.0337. The monoisotopic (exact) mass is 910 g/mol. The summed E-state index contributed by atoms with van der Waals surface area (Å²) in [7, 11) is 1.35. The van der Waals surface area contributed by atoms with Crippen molar-refractivity contribution >= 4 is 34.7 Å². The third-order valence-electron chi connectivity index (χ3n) is 11.3. The van der Waals surface area contributed by atoms with Crippen LogP contribution in [0.1, 0.15) is 49.2 Å². The van der Waals surface area contributed by atoms with Crippen molar-refractivity contribution in [1.29, 1.82) is 0 Å². The van der Waals surface area contributed by atoms with E-state index in [4.69, 9.17) is 25.2 Å². The van der Waals surface area contributed by atoms with Crippen molar-refractivity contribution in [2.45, 2.75) is 82.6 Å². The first-order valence-corrected chi connectivity index (χ1v) is 20.3. The number of rotatable bonds is 14. The van der Waals surface area contributed by atoms with E-state index in [9.17, 15) is 45.9 Å². The lowest BCUT2D eigenvalue weighted by molar-refractivity contribution is -0.165. The second-order valence-corrected chi connectivity index (χ2v) is 15.8. The van der Waals surface area contributed by atoms with Gasteiger partial charge in [0.2, 0.25) is 5.91 Å². The number of benzene rings is 4. The molecule has 2 unspecified atom stereocenters. The van der Waals surface area contributed by atoms with Gasteiger partial charge in [0.25, 0.3) is 5.56 Å². The van der Waals surface area contributed by atoms with Crippen LogP contribution in [0.2, 0.25) is 0 Å². The van der Waals surface area contributed by atoms with E-state index < -0.39 is 58.6 Å². The molecule has 14 nitrogen and oxygen atoms in total. The number of methoxy groups -OCH3 is 1. The molecule has 1 aliphatic rings. The molecule has 2 atom stereocenters. The topological polar surface area (TPSA) is 200 Å². The number of fused-ring (bicyclic) bond motifs is 1. The maximum absolute atomic E-state index is 14.6. The number of para-hydroxylation sites is 1. The zero-order valence-corrected chi connectivity index (χ0v) is 35.5. The van der Waals surface area contributed by atoms with Gasteiger partial charge in [-0.15, -0.1) is 0 Å². The van der Waals surface area contributed by atoms with Crippen LogP contribution in [0.3, 0.4) is 0 Å². The number of aliphatic hydroxyl groups is 2. The number of aliphatic carboxylic acids is 2. The highest BCUT2D eigenvalue weighted by atomic mass is 19.4. The number of alkyl halides is 3. The number of aliphatic hydroxyl groups excluding tert-OH is 2. The van der Waals surface area contributed by atoms with Crippen molar-refractivity contribution in [2.75, 3.05) is 20.2 Å². The fraction of sp³-hybridized carbons (Fsp3) is 0.348. The van der Waals surface area contributed by atoms with Crippen molar-refractivity contribution in [1.82, 2.24) is 19.4 Å². The molecule has 0 aliphatic carbocycles. The molecular weight excluding hydrogens is 864 g/mol. The predicted octanol–water partition coefficient (Wildman–Crippen LogP) is 5.47. The van der Waals surface area contributed by atoms with Gasteiger partial charge in [0.05, 0.1) is 23.6 Å². The molecule has 1 aliphatic heterocycles. The van der Waals surface area contributed by atoms with Gasteiger partial charge in [0.1, 0.15) is 17.9 Å². The molecule has 5 aromatic rings. The van der Waals surface area contributed by atoms with Gasteiger partial charge in [-0.2, -0.15) is 18.2 Å². The minimum atomic E-state index is -4.44. The molecule has 0 bridgehead atoms. The maximum Gasteiger partial charge on any atom is 0.416 e. The molecule has 1 saturated heterocycles. The largest absolute Gasteiger partial charge is 0.479 e. The van der Waals surface area contributed by atoms with Gasteiger partial charge in [-0.1, -0.05) is 60.7 Å². The van der Waals surface area contributed by atoms with E-state index in [0.29, 0.717) is 48.0 Å². The smallest absolute Gasteiger partial charge is 0.416 e. The summed E-state index contributed by atoms with van der Waals surface area (Å²) in [5, 5.41) is 32.8. The molecule has 4 aromatic carbocycles. The van der Waals surface area contributed by atoms with Gasteiger partial charge >= 0.3 is 24.1 Å². The number of likely N-dealkylation sites (tertiary alicyclic amines) is 1. The van der Waals surface area contributed by atoms with E-state index in [2.05, 4.69) is 4.98 Å². The Morgan fingerprint density at radius 1 is 0.815 bits per heavy atom. The van der Waals surface area contributed by atoms with Crippen LogP contribution in [0.5, 0.6) is 0 Å². The van der Waals surface area contributed by atoms with Gasteiger partial charge in [-0.3, -0.25) is 19.3 Å². The Labute approximate surface area is 369 Å². The van der Waals surface area contributed by atoms with Crippen LogP contribution in [-0.4, -0.2) is 108 Å². The number of hydrogen-bond acceptors (Lipinski definition) is 10. The molecule has 0 radical (unpaired) electrons. The van der Waals surface area contributed by atoms with Crippen LogP contribution in [0.4, 0.5) is 22.0 Å². The Balaban J connectivity index is 0.000000709. The number of carbonyl (C=O) groups is 4. The lowest BCUT2D eigenvalue weighted by Gasteiger charge is -2.44. The Morgan fingerprint density at radius 3 is 1.94 bits per heavy atom. The standard InChI is InChI=1S/C42H41F5N4O4.C4H6O6/c1-41(2,40(54)55-3)49-23-21-32(22-24-49)50(25-27-11-13-28(14-12-27)29-15-18-31(19-16-29)42(45,46)47)37(52)26-51-35-10-5-4-8-33(35)39(53)48-36(51)20-17-30-7-6-9-34(43)38(30)44;5-1(3(7)8)2(6)4(9)10/h4-16,18-19,32H,17,20-26H2,1-3H3;1-2,5-6H,(H,7,8)(H,9,10). The highest BCUT2D eigenvalue weighted by molar-refractivity contribution is 5.83. The third-order valence-corrected chi connectivity index (χ3v) is 11.3. The molecule has 19 heteroatoms. The zero-order valence-electron chi connectivity index (χ0n) is 35.5. The van der Waals surface area contributed by atoms with Gasteiger partial charge in [-0.05, 0) is 85.7 Å². The molecule has 1 aromatic heterocycles. The quantitative estimate of drug-likeness (QED) is 0.0811. The van der Waals surface area contributed by atoms with E-state index in [0.717, 1.165) is 23.8 Å². The van der Waals surface area contributed by atoms with E-state index in [1.165, 1.54) is 31.4 Å². The summed E-state index contributed by atoms with van der Waals surface area (Å²) in [6, 6.07) is 22.6. The second kappa shape index (κ2) is 21.0. The van der Waals surface area contributed by atoms with Crippen molar-refractivity contribution in [3.63, 3.8) is 0 Å². The zero-order chi connectivity index (χ0) is 47.8. The Kier molecular flexibility index (Phi) is 15.9. The molecule has 0 spiro atoms. The first-order valence-electron chi connectivity index (χ1n) is 20.3. The number of esters is 1. The summed E-state index contributed by atoms with van der Waals surface area (Å²) in [6.45, 7) is 4.61. The Bertz CT molecular complexity index is 2540. The molecular formula is C46H47F5N4O10. The molecule has 0 saturated carbocycles. The summed E-state index contributed by atoms with van der Waals surface area (Å²) in [5.74, 6) is -5.89. The average Bonchev–Trinajstić information content (AvgIpc) is 3.29. The van der Waals surface area contributed by atoms with Gasteiger partial charge in [-0.25, -0.2) is 18.4 Å². The van der Waals surface area contributed by atoms with Gasteiger partial charge < -0.3 is 34.6 Å². The van der Waals surface area contributed by atoms with Gasteiger partial charge in [0, 0.05) is 32.1 Å². The normalized spacial score (nSPS) is 14.5. The molecule has 4 N–H and O–H groups in total. The summed E-state index contributed by atoms with van der Waals surface area (Å²) in [4.78, 5) is 68.0. The minimum Gasteiger partial charge on any atom is -0.479 e. The van der Waals surface area contributed by atoms with E-state index in [1.54, 1.807) is 59.7 Å². The number of aromatic nitrogens is 2. The van der Waals surface area contributed by atoms with Crippen LogP contribution >= 0.6 is 0 Å². The van der Waals surface area contributed by atoms with Crippen molar-refractivity contribution < 1.29 is 66.3 Å². The summed E-state index contributed by atoms with van der Waals surface area (Å²) >= 11 is 0. The number of carboxylic acids is 2. The summed E-state index contributed by atoms with van der Waals surface area (Å²) < 4.78 is 74.7.